The molecule has 1 amide bonds. The minimum absolute atomic E-state index is 0.00770. The minimum Gasteiger partial charge on any atom is -0.396 e. The third kappa shape index (κ3) is 4.54. The Bertz CT molecular complexity index is 664. The zero-order chi connectivity index (χ0) is 15.9. The van der Waals surface area contributed by atoms with Crippen molar-refractivity contribution in [2.75, 3.05) is 13.2 Å². The van der Waals surface area contributed by atoms with Crippen LogP contribution in [0.2, 0.25) is 0 Å². The molecule has 2 aromatic heterocycles. The van der Waals surface area contributed by atoms with E-state index in [1.54, 1.807) is 17.4 Å². The number of nitrogens with one attached hydrogen (secondary N) is 2. The molecule has 0 bridgehead atoms. The highest BCUT2D eigenvalue weighted by Gasteiger charge is 2.13. The van der Waals surface area contributed by atoms with E-state index in [0.29, 0.717) is 18.5 Å². The second-order valence-corrected chi connectivity index (χ2v) is 6.19. The third-order valence-electron chi connectivity index (χ3n) is 3.42. The van der Waals surface area contributed by atoms with Crippen LogP contribution in [0.15, 0.2) is 34.4 Å². The van der Waals surface area contributed by atoms with Crippen LogP contribution in [0.25, 0.3) is 0 Å². The van der Waals surface area contributed by atoms with E-state index in [2.05, 4.69) is 10.3 Å². The summed E-state index contributed by atoms with van der Waals surface area (Å²) in [5.41, 5.74) is 0.810. The molecular formula is C16H20N2O3S. The lowest BCUT2D eigenvalue weighted by molar-refractivity contribution is 0.0939. The van der Waals surface area contributed by atoms with Crippen LogP contribution in [0.1, 0.15) is 27.9 Å². The first-order chi connectivity index (χ1) is 10.6. The van der Waals surface area contributed by atoms with Crippen molar-refractivity contribution in [2.24, 2.45) is 5.92 Å². The average molecular weight is 320 g/mol. The van der Waals surface area contributed by atoms with Crippen molar-refractivity contribution in [3.8, 4) is 0 Å². The van der Waals surface area contributed by atoms with Gasteiger partial charge in [-0.3, -0.25) is 9.59 Å². The van der Waals surface area contributed by atoms with Crippen molar-refractivity contribution in [1.82, 2.24) is 10.3 Å². The van der Waals surface area contributed by atoms with Crippen LogP contribution in [0.5, 0.6) is 0 Å². The Morgan fingerprint density at radius 1 is 1.45 bits per heavy atom. The van der Waals surface area contributed by atoms with E-state index in [4.69, 9.17) is 0 Å². The zero-order valence-electron chi connectivity index (χ0n) is 12.5. The van der Waals surface area contributed by atoms with E-state index >= 15 is 0 Å². The van der Waals surface area contributed by atoms with E-state index in [0.717, 1.165) is 12.1 Å². The molecule has 0 aliphatic heterocycles. The summed E-state index contributed by atoms with van der Waals surface area (Å²) in [6.45, 7) is 2.30. The molecule has 6 heteroatoms. The maximum atomic E-state index is 12.1. The fourth-order valence-electron chi connectivity index (χ4n) is 2.18. The maximum Gasteiger partial charge on any atom is 0.251 e. The molecule has 2 rings (SSSR count). The van der Waals surface area contributed by atoms with Gasteiger partial charge < -0.3 is 15.4 Å². The second kappa shape index (κ2) is 7.91. The van der Waals surface area contributed by atoms with Gasteiger partial charge in [-0.1, -0.05) is 13.0 Å². The van der Waals surface area contributed by atoms with Gasteiger partial charge in [0.1, 0.15) is 0 Å². The number of aryl methyl sites for hydroxylation is 1. The van der Waals surface area contributed by atoms with Gasteiger partial charge in [0.15, 0.2) is 0 Å². The smallest absolute Gasteiger partial charge is 0.251 e. The van der Waals surface area contributed by atoms with Gasteiger partial charge in [-0.15, -0.1) is 11.3 Å². The molecule has 0 spiro atoms. The van der Waals surface area contributed by atoms with Gasteiger partial charge in [0, 0.05) is 41.3 Å². The molecule has 2 aromatic rings. The molecular weight excluding hydrogens is 300 g/mol. The molecule has 0 fully saturated rings. The summed E-state index contributed by atoms with van der Waals surface area (Å²) < 4.78 is 0. The van der Waals surface area contributed by atoms with Crippen molar-refractivity contribution >= 4 is 17.2 Å². The van der Waals surface area contributed by atoms with Gasteiger partial charge in [0.25, 0.3) is 5.91 Å². The normalized spacial score (nSPS) is 12.1. The Hall–Kier alpha value is -1.92. The SMILES string of the molecule is CCc1cc(C(=O)NC[C@@H](CO)Cc2cccs2)cc(=O)[nH]1. The molecule has 1 atom stereocenters. The Balaban J connectivity index is 1.96. The third-order valence-corrected chi connectivity index (χ3v) is 4.32. The van der Waals surface area contributed by atoms with Crippen molar-refractivity contribution in [3.63, 3.8) is 0 Å². The summed E-state index contributed by atoms with van der Waals surface area (Å²) in [5.74, 6) is -0.319. The molecule has 0 saturated carbocycles. The first kappa shape index (κ1) is 16.5. The van der Waals surface area contributed by atoms with Crippen LogP contribution < -0.4 is 10.9 Å². The van der Waals surface area contributed by atoms with E-state index in [1.807, 2.05) is 24.4 Å². The maximum absolute atomic E-state index is 12.1. The summed E-state index contributed by atoms with van der Waals surface area (Å²) in [6.07, 6.45) is 1.39. The number of carbonyl (C=O) groups is 1. The number of aliphatic hydroxyl groups is 1. The number of aliphatic hydroxyl groups excluding tert-OH is 1. The lowest BCUT2D eigenvalue weighted by Gasteiger charge is -2.14. The minimum atomic E-state index is -0.287. The highest BCUT2D eigenvalue weighted by Crippen LogP contribution is 2.14. The number of pyridine rings is 1. The first-order valence-corrected chi connectivity index (χ1v) is 8.15. The van der Waals surface area contributed by atoms with E-state index in [1.165, 1.54) is 10.9 Å². The van der Waals surface area contributed by atoms with Crippen LogP contribution >= 0.6 is 11.3 Å². The zero-order valence-corrected chi connectivity index (χ0v) is 13.3. The molecule has 3 N–H and O–H groups in total. The number of rotatable bonds is 7. The van der Waals surface area contributed by atoms with Gasteiger partial charge in [-0.2, -0.15) is 0 Å². The van der Waals surface area contributed by atoms with Crippen LogP contribution in [-0.4, -0.2) is 29.1 Å². The molecule has 5 nitrogen and oxygen atoms in total. The van der Waals surface area contributed by atoms with Crippen molar-refractivity contribution in [1.29, 1.82) is 0 Å². The first-order valence-electron chi connectivity index (χ1n) is 7.27. The Morgan fingerprint density at radius 3 is 2.91 bits per heavy atom. The topological polar surface area (TPSA) is 82.2 Å². The summed E-state index contributed by atoms with van der Waals surface area (Å²) in [5, 5.41) is 14.2. The summed E-state index contributed by atoms with van der Waals surface area (Å²) in [6, 6.07) is 6.96. The number of aromatic nitrogens is 1. The lowest BCUT2D eigenvalue weighted by atomic mass is 10.1. The van der Waals surface area contributed by atoms with Gasteiger partial charge >= 0.3 is 0 Å². The van der Waals surface area contributed by atoms with Crippen LogP contribution in [-0.2, 0) is 12.8 Å². The van der Waals surface area contributed by atoms with E-state index < -0.39 is 0 Å². The summed E-state index contributed by atoms with van der Waals surface area (Å²) in [4.78, 5) is 27.5. The number of hydrogen-bond donors (Lipinski definition) is 3. The van der Waals surface area contributed by atoms with Gasteiger partial charge in [0.2, 0.25) is 5.56 Å². The number of carbonyl (C=O) groups excluding carboxylic acids is 1. The molecule has 22 heavy (non-hydrogen) atoms. The standard InChI is InChI=1S/C16H20N2O3S/c1-2-13-7-12(8-15(20)18-13)16(21)17-9-11(10-19)6-14-4-3-5-22-14/h3-5,7-8,11,19H,2,6,9-10H2,1H3,(H,17,21)(H,18,20)/t11-/m0/s1. The van der Waals surface area contributed by atoms with Crippen LogP contribution in [0.3, 0.4) is 0 Å². The molecule has 0 radical (unpaired) electrons. The predicted molar refractivity (Wildman–Crippen MR) is 87.4 cm³/mol. The average Bonchev–Trinajstić information content (AvgIpc) is 3.03. The monoisotopic (exact) mass is 320 g/mol. The largest absolute Gasteiger partial charge is 0.396 e. The second-order valence-electron chi connectivity index (χ2n) is 5.15. The molecule has 0 unspecified atom stereocenters. The van der Waals surface area contributed by atoms with E-state index in [-0.39, 0.29) is 24.0 Å². The van der Waals surface area contributed by atoms with Crippen LogP contribution in [0, 0.1) is 5.92 Å². The number of thiophene rings is 1. The Labute approximate surface area is 133 Å². The highest BCUT2D eigenvalue weighted by atomic mass is 32.1. The molecule has 0 aliphatic carbocycles. The molecule has 0 saturated heterocycles. The quantitative estimate of drug-likeness (QED) is 0.724. The van der Waals surface area contributed by atoms with E-state index in [9.17, 15) is 14.7 Å². The fourth-order valence-corrected chi connectivity index (χ4v) is 3.00. The molecule has 118 valence electrons. The predicted octanol–water partition coefficient (Wildman–Crippen LogP) is 1.58. The fraction of sp³-hybridized carbons (Fsp3) is 0.375. The number of amides is 1. The van der Waals surface area contributed by atoms with Gasteiger partial charge in [-0.25, -0.2) is 0 Å². The van der Waals surface area contributed by atoms with Gasteiger partial charge in [-0.05, 0) is 30.4 Å². The number of H-pyrrole nitrogens is 1. The molecule has 0 aliphatic rings. The molecule has 2 heterocycles. The van der Waals surface area contributed by atoms with Crippen molar-refractivity contribution < 1.29 is 9.90 Å². The van der Waals surface area contributed by atoms with Gasteiger partial charge in [0.05, 0.1) is 0 Å². The molecule has 0 aromatic carbocycles. The number of aromatic amines is 1. The lowest BCUT2D eigenvalue weighted by Crippen LogP contribution is -2.32. The Kier molecular flexibility index (Phi) is 5.91. The van der Waals surface area contributed by atoms with Crippen LogP contribution in [0.4, 0.5) is 0 Å². The van der Waals surface area contributed by atoms with Crippen molar-refractivity contribution in [3.05, 3.63) is 56.1 Å². The van der Waals surface area contributed by atoms with Crippen molar-refractivity contribution in [2.45, 2.75) is 19.8 Å². The summed E-state index contributed by atoms with van der Waals surface area (Å²) in [7, 11) is 0. The summed E-state index contributed by atoms with van der Waals surface area (Å²) >= 11 is 1.63. The Morgan fingerprint density at radius 2 is 2.27 bits per heavy atom. The number of hydrogen-bond acceptors (Lipinski definition) is 4. The highest BCUT2D eigenvalue weighted by molar-refractivity contribution is 7.09.